The Morgan fingerprint density at radius 2 is 1.86 bits per heavy atom. The van der Waals surface area contributed by atoms with Crippen molar-refractivity contribution in [1.82, 2.24) is 25.2 Å². The lowest BCUT2D eigenvalue weighted by atomic mass is 10.1. The van der Waals surface area contributed by atoms with Crippen molar-refractivity contribution < 1.29 is 14.3 Å². The lowest BCUT2D eigenvalue weighted by Crippen LogP contribution is -2.44. The fourth-order valence-electron chi connectivity index (χ4n) is 4.80. The quantitative estimate of drug-likeness (QED) is 0.531. The molecule has 35 heavy (non-hydrogen) atoms. The van der Waals surface area contributed by atoms with Gasteiger partial charge in [-0.1, -0.05) is 6.07 Å². The monoisotopic (exact) mass is 476 g/mol. The van der Waals surface area contributed by atoms with Crippen molar-refractivity contribution in [3.63, 3.8) is 0 Å². The average Bonchev–Trinajstić information content (AvgIpc) is 3.45. The first-order valence-corrected chi connectivity index (χ1v) is 12.4. The molecule has 4 heterocycles. The molecule has 9 heteroatoms. The Kier molecular flexibility index (Phi) is 7.34. The number of pyridine rings is 1. The predicted molar refractivity (Wildman–Crippen MR) is 134 cm³/mol. The molecule has 5 rings (SSSR count). The van der Waals surface area contributed by atoms with Gasteiger partial charge in [-0.2, -0.15) is 0 Å². The summed E-state index contributed by atoms with van der Waals surface area (Å²) in [4.78, 5) is 31.4. The SMILES string of the molecule is CCOc1ncc(C(CNC(=O)c2cccc3nc(N4CCCC4)ccc23)N2CCOCC2)cn1. The van der Waals surface area contributed by atoms with E-state index in [1.54, 1.807) is 12.4 Å². The predicted octanol–water partition coefficient (Wildman–Crippen LogP) is 2.83. The summed E-state index contributed by atoms with van der Waals surface area (Å²) in [7, 11) is 0. The van der Waals surface area contributed by atoms with Crippen LogP contribution in [0.1, 0.15) is 41.7 Å². The second kappa shape index (κ2) is 11.0. The smallest absolute Gasteiger partial charge is 0.316 e. The minimum Gasteiger partial charge on any atom is -0.464 e. The van der Waals surface area contributed by atoms with E-state index in [2.05, 4.69) is 25.1 Å². The van der Waals surface area contributed by atoms with Crippen LogP contribution in [0.2, 0.25) is 0 Å². The topological polar surface area (TPSA) is 92.7 Å². The van der Waals surface area contributed by atoms with Crippen LogP contribution in [-0.2, 0) is 4.74 Å². The van der Waals surface area contributed by atoms with E-state index in [-0.39, 0.29) is 11.9 Å². The summed E-state index contributed by atoms with van der Waals surface area (Å²) in [6, 6.07) is 10.1. The van der Waals surface area contributed by atoms with Crippen LogP contribution in [0.15, 0.2) is 42.7 Å². The fraction of sp³-hybridized carbons (Fsp3) is 0.462. The molecule has 1 N–H and O–H groups in total. The Morgan fingerprint density at radius 3 is 2.60 bits per heavy atom. The summed E-state index contributed by atoms with van der Waals surface area (Å²) < 4.78 is 10.9. The number of ether oxygens (including phenoxy) is 2. The molecule has 2 saturated heterocycles. The first-order chi connectivity index (χ1) is 17.2. The first-order valence-electron chi connectivity index (χ1n) is 12.4. The van der Waals surface area contributed by atoms with Crippen molar-refractivity contribution in [2.45, 2.75) is 25.8 Å². The molecule has 0 spiro atoms. The van der Waals surface area contributed by atoms with Crippen LogP contribution in [0.4, 0.5) is 5.82 Å². The van der Waals surface area contributed by atoms with Gasteiger partial charge in [0.25, 0.3) is 5.91 Å². The number of fused-ring (bicyclic) bond motifs is 1. The number of anilines is 1. The van der Waals surface area contributed by atoms with E-state index in [1.807, 2.05) is 37.3 Å². The van der Waals surface area contributed by atoms with Crippen molar-refractivity contribution in [2.24, 2.45) is 0 Å². The van der Waals surface area contributed by atoms with Crippen LogP contribution in [0, 0.1) is 0 Å². The van der Waals surface area contributed by atoms with Crippen LogP contribution in [0.3, 0.4) is 0 Å². The van der Waals surface area contributed by atoms with Gasteiger partial charge in [0.05, 0.1) is 31.4 Å². The molecule has 9 nitrogen and oxygen atoms in total. The van der Waals surface area contributed by atoms with Gasteiger partial charge < -0.3 is 19.7 Å². The van der Waals surface area contributed by atoms with E-state index in [0.717, 1.165) is 48.5 Å². The number of aromatic nitrogens is 3. The highest BCUT2D eigenvalue weighted by Crippen LogP contribution is 2.25. The van der Waals surface area contributed by atoms with Crippen LogP contribution in [0.25, 0.3) is 10.9 Å². The second-order valence-corrected chi connectivity index (χ2v) is 8.84. The molecule has 1 aromatic carbocycles. The van der Waals surface area contributed by atoms with Crippen molar-refractivity contribution in [3.05, 3.63) is 53.9 Å². The highest BCUT2D eigenvalue weighted by molar-refractivity contribution is 6.06. The zero-order chi connectivity index (χ0) is 24.0. The van der Waals surface area contributed by atoms with Gasteiger partial charge in [0.15, 0.2) is 0 Å². The molecule has 184 valence electrons. The molecule has 0 bridgehead atoms. The molecule has 1 amide bonds. The highest BCUT2D eigenvalue weighted by Gasteiger charge is 2.25. The lowest BCUT2D eigenvalue weighted by Gasteiger charge is -2.34. The van der Waals surface area contributed by atoms with Gasteiger partial charge in [-0.15, -0.1) is 0 Å². The summed E-state index contributed by atoms with van der Waals surface area (Å²) in [6.07, 6.45) is 5.97. The third-order valence-corrected chi connectivity index (χ3v) is 6.64. The Balaban J connectivity index is 1.34. The first kappa shape index (κ1) is 23.4. The average molecular weight is 477 g/mol. The van der Waals surface area contributed by atoms with E-state index < -0.39 is 0 Å². The Labute approximate surface area is 205 Å². The maximum atomic E-state index is 13.3. The normalized spacial score (nSPS) is 17.5. The van der Waals surface area contributed by atoms with Crippen LogP contribution in [0.5, 0.6) is 6.01 Å². The van der Waals surface area contributed by atoms with Crippen molar-refractivity contribution in [2.75, 3.05) is 57.4 Å². The maximum Gasteiger partial charge on any atom is 0.316 e. The molecule has 0 aliphatic carbocycles. The Bertz CT molecular complexity index is 1140. The molecule has 2 fully saturated rings. The number of carbonyl (C=O) groups excluding carboxylic acids is 1. The number of hydrogen-bond donors (Lipinski definition) is 1. The minimum absolute atomic E-state index is 0.0617. The molecular weight excluding hydrogens is 444 g/mol. The molecule has 2 aliphatic rings. The summed E-state index contributed by atoms with van der Waals surface area (Å²) >= 11 is 0. The highest BCUT2D eigenvalue weighted by atomic mass is 16.5. The van der Waals surface area contributed by atoms with Gasteiger partial charge >= 0.3 is 6.01 Å². The van der Waals surface area contributed by atoms with Crippen LogP contribution >= 0.6 is 0 Å². The van der Waals surface area contributed by atoms with Gasteiger partial charge in [0.1, 0.15) is 5.82 Å². The second-order valence-electron chi connectivity index (χ2n) is 8.84. The van der Waals surface area contributed by atoms with E-state index in [0.29, 0.717) is 37.9 Å². The van der Waals surface area contributed by atoms with Crippen molar-refractivity contribution >= 4 is 22.6 Å². The van der Waals surface area contributed by atoms with Crippen LogP contribution < -0.4 is 15.0 Å². The molecule has 3 aromatic rings. The van der Waals surface area contributed by atoms with E-state index in [1.165, 1.54) is 12.8 Å². The third-order valence-electron chi connectivity index (χ3n) is 6.64. The Hall–Kier alpha value is -3.30. The van der Waals surface area contributed by atoms with E-state index in [4.69, 9.17) is 14.5 Å². The molecular formula is C26H32N6O3. The molecule has 1 atom stereocenters. The summed E-state index contributed by atoms with van der Waals surface area (Å²) in [5, 5.41) is 4.01. The third kappa shape index (κ3) is 5.36. The number of carbonyl (C=O) groups is 1. The zero-order valence-electron chi connectivity index (χ0n) is 20.2. The summed E-state index contributed by atoms with van der Waals surface area (Å²) in [5.41, 5.74) is 2.41. The molecule has 0 radical (unpaired) electrons. The van der Waals surface area contributed by atoms with E-state index in [9.17, 15) is 4.79 Å². The van der Waals surface area contributed by atoms with Crippen molar-refractivity contribution in [3.8, 4) is 6.01 Å². The van der Waals surface area contributed by atoms with Gasteiger partial charge in [-0.05, 0) is 44.0 Å². The Morgan fingerprint density at radius 1 is 1.09 bits per heavy atom. The number of benzene rings is 1. The number of rotatable bonds is 8. The van der Waals surface area contributed by atoms with Crippen LogP contribution in [-0.4, -0.2) is 78.3 Å². The number of nitrogens with one attached hydrogen (secondary N) is 1. The largest absolute Gasteiger partial charge is 0.464 e. The molecule has 1 unspecified atom stereocenters. The zero-order valence-corrected chi connectivity index (χ0v) is 20.2. The molecule has 2 aliphatic heterocycles. The summed E-state index contributed by atoms with van der Waals surface area (Å²) in [6.45, 7) is 7.82. The maximum absolute atomic E-state index is 13.3. The number of nitrogens with zero attached hydrogens (tertiary/aromatic N) is 5. The number of hydrogen-bond acceptors (Lipinski definition) is 8. The van der Waals surface area contributed by atoms with E-state index >= 15 is 0 Å². The number of amides is 1. The van der Waals surface area contributed by atoms with Gasteiger partial charge in [-0.25, -0.2) is 15.0 Å². The lowest BCUT2D eigenvalue weighted by molar-refractivity contribution is 0.0160. The fourth-order valence-corrected chi connectivity index (χ4v) is 4.80. The van der Waals surface area contributed by atoms with Gasteiger partial charge in [0.2, 0.25) is 0 Å². The standard InChI is InChI=1S/C26H32N6O3/c1-2-35-26-28-16-19(17-29-26)23(31-12-14-34-15-13-31)18-27-25(33)21-6-5-7-22-20(21)8-9-24(30-22)32-10-3-4-11-32/h5-9,16-17,23H,2-4,10-15,18H2,1H3,(H,27,33). The molecule has 0 saturated carbocycles. The minimum atomic E-state index is -0.114. The van der Waals surface area contributed by atoms with Gasteiger partial charge in [-0.3, -0.25) is 9.69 Å². The van der Waals surface area contributed by atoms with Gasteiger partial charge in [0, 0.05) is 61.6 Å². The summed E-state index contributed by atoms with van der Waals surface area (Å²) in [5.74, 6) is 0.867. The molecule has 2 aromatic heterocycles. The van der Waals surface area contributed by atoms with Crippen molar-refractivity contribution in [1.29, 1.82) is 0 Å². The number of morpholine rings is 1.